The lowest BCUT2D eigenvalue weighted by Crippen LogP contribution is -2.14. The molecule has 1 saturated carbocycles. The maximum atomic E-state index is 4.33. The van der Waals surface area contributed by atoms with E-state index in [9.17, 15) is 0 Å². The van der Waals surface area contributed by atoms with E-state index in [4.69, 9.17) is 0 Å². The molecule has 0 bridgehead atoms. The van der Waals surface area contributed by atoms with Gasteiger partial charge in [-0.15, -0.1) is 0 Å². The van der Waals surface area contributed by atoms with Gasteiger partial charge in [-0.25, -0.2) is 0 Å². The van der Waals surface area contributed by atoms with E-state index < -0.39 is 0 Å². The van der Waals surface area contributed by atoms with Crippen molar-refractivity contribution in [2.75, 3.05) is 5.32 Å². The number of benzene rings is 1. The molecule has 1 aromatic heterocycles. The summed E-state index contributed by atoms with van der Waals surface area (Å²) in [5, 5.41) is 4.82. The number of pyridine rings is 1. The summed E-state index contributed by atoms with van der Waals surface area (Å²) in [6, 6.07) is 11.2. The van der Waals surface area contributed by atoms with Gasteiger partial charge in [0.25, 0.3) is 0 Å². The molecule has 1 aliphatic rings. The van der Waals surface area contributed by atoms with E-state index in [-0.39, 0.29) is 0 Å². The Hall–Kier alpha value is -1.57. The molecule has 0 unspecified atom stereocenters. The summed E-state index contributed by atoms with van der Waals surface area (Å²) < 4.78 is 0. The minimum atomic E-state index is 0.675. The average Bonchev–Trinajstić information content (AvgIpc) is 2.82. The number of rotatable bonds is 2. The molecular weight excluding hydrogens is 196 g/mol. The third kappa shape index (κ3) is 1.87. The van der Waals surface area contributed by atoms with E-state index in [1.807, 2.05) is 12.3 Å². The maximum Gasteiger partial charge on any atom is 0.0703 e. The van der Waals surface area contributed by atoms with Crippen LogP contribution in [0.3, 0.4) is 0 Å². The van der Waals surface area contributed by atoms with Crippen molar-refractivity contribution in [3.63, 3.8) is 0 Å². The molecule has 3 rings (SSSR count). The Bertz CT molecular complexity index is 487. The van der Waals surface area contributed by atoms with Crippen LogP contribution in [0.5, 0.6) is 0 Å². The van der Waals surface area contributed by atoms with Crippen LogP contribution in [-0.4, -0.2) is 11.0 Å². The zero-order valence-electron chi connectivity index (χ0n) is 9.32. The van der Waals surface area contributed by atoms with Crippen molar-refractivity contribution in [1.82, 2.24) is 4.98 Å². The number of aromatic nitrogens is 1. The predicted molar refractivity (Wildman–Crippen MR) is 67.6 cm³/mol. The van der Waals surface area contributed by atoms with Gasteiger partial charge in [-0.05, 0) is 37.1 Å². The molecule has 1 N–H and O–H groups in total. The summed E-state index contributed by atoms with van der Waals surface area (Å²) in [6.45, 7) is 0. The van der Waals surface area contributed by atoms with Crippen LogP contribution in [0.15, 0.2) is 36.5 Å². The van der Waals surface area contributed by atoms with Gasteiger partial charge in [-0.1, -0.05) is 18.9 Å². The first-order valence-electron chi connectivity index (χ1n) is 6.03. The highest BCUT2D eigenvalue weighted by Crippen LogP contribution is 2.24. The third-order valence-corrected chi connectivity index (χ3v) is 3.33. The number of nitrogens with one attached hydrogen (secondary N) is 1. The number of hydrogen-bond donors (Lipinski definition) is 1. The van der Waals surface area contributed by atoms with Gasteiger partial charge in [0.15, 0.2) is 0 Å². The molecule has 16 heavy (non-hydrogen) atoms. The van der Waals surface area contributed by atoms with Gasteiger partial charge in [0, 0.05) is 23.3 Å². The molecule has 2 aromatic rings. The molecule has 2 heteroatoms. The molecule has 1 aliphatic carbocycles. The SMILES string of the molecule is c1cnc2ccc(NC3CCCC3)cc2c1. The van der Waals surface area contributed by atoms with Crippen LogP contribution in [0.4, 0.5) is 5.69 Å². The molecule has 0 atom stereocenters. The van der Waals surface area contributed by atoms with Crippen LogP contribution in [0, 0.1) is 0 Å². The van der Waals surface area contributed by atoms with Gasteiger partial charge in [0.05, 0.1) is 5.52 Å². The fraction of sp³-hybridized carbons (Fsp3) is 0.357. The summed E-state index contributed by atoms with van der Waals surface area (Å²) in [5.74, 6) is 0. The van der Waals surface area contributed by atoms with Gasteiger partial charge in [0.2, 0.25) is 0 Å². The summed E-state index contributed by atoms with van der Waals surface area (Å²) in [7, 11) is 0. The Morgan fingerprint density at radius 3 is 2.88 bits per heavy atom. The standard InChI is InChI=1S/C14H16N2/c1-2-6-12(5-1)16-13-7-8-14-11(10-13)4-3-9-15-14/h3-4,7-10,12,16H,1-2,5-6H2. The molecule has 1 fully saturated rings. The molecule has 0 saturated heterocycles. The molecule has 0 amide bonds. The first kappa shape index (κ1) is 9.64. The second kappa shape index (κ2) is 4.12. The molecule has 0 spiro atoms. The summed E-state index contributed by atoms with van der Waals surface area (Å²) in [5.41, 5.74) is 2.30. The lowest BCUT2D eigenvalue weighted by molar-refractivity contribution is 0.756. The minimum Gasteiger partial charge on any atom is -0.382 e. The highest BCUT2D eigenvalue weighted by molar-refractivity contribution is 5.82. The van der Waals surface area contributed by atoms with Crippen molar-refractivity contribution in [2.45, 2.75) is 31.7 Å². The quantitative estimate of drug-likeness (QED) is 0.822. The van der Waals surface area contributed by atoms with Crippen LogP contribution in [0.1, 0.15) is 25.7 Å². The van der Waals surface area contributed by atoms with Crippen molar-refractivity contribution in [3.8, 4) is 0 Å². The molecule has 1 aromatic carbocycles. The smallest absolute Gasteiger partial charge is 0.0703 e. The second-order valence-electron chi connectivity index (χ2n) is 4.54. The highest BCUT2D eigenvalue weighted by atomic mass is 14.9. The lowest BCUT2D eigenvalue weighted by Gasteiger charge is -2.13. The maximum absolute atomic E-state index is 4.33. The van der Waals surface area contributed by atoms with Crippen molar-refractivity contribution < 1.29 is 0 Å². The van der Waals surface area contributed by atoms with Crippen LogP contribution in [0.2, 0.25) is 0 Å². The fourth-order valence-corrected chi connectivity index (χ4v) is 2.47. The third-order valence-electron chi connectivity index (χ3n) is 3.33. The Labute approximate surface area is 95.7 Å². The summed E-state index contributed by atoms with van der Waals surface area (Å²) in [4.78, 5) is 4.33. The molecule has 82 valence electrons. The Kier molecular flexibility index (Phi) is 2.49. The monoisotopic (exact) mass is 212 g/mol. The minimum absolute atomic E-state index is 0.675. The number of fused-ring (bicyclic) bond motifs is 1. The number of nitrogens with zero attached hydrogens (tertiary/aromatic N) is 1. The van der Waals surface area contributed by atoms with Gasteiger partial charge >= 0.3 is 0 Å². The molecule has 0 radical (unpaired) electrons. The van der Waals surface area contributed by atoms with Gasteiger partial charge in [0.1, 0.15) is 0 Å². The van der Waals surface area contributed by atoms with Gasteiger partial charge < -0.3 is 5.32 Å². The average molecular weight is 212 g/mol. The van der Waals surface area contributed by atoms with Gasteiger partial charge in [-0.3, -0.25) is 4.98 Å². The molecule has 1 heterocycles. The molecular formula is C14H16N2. The van der Waals surface area contributed by atoms with E-state index in [2.05, 4.69) is 34.6 Å². The topological polar surface area (TPSA) is 24.9 Å². The molecule has 0 aliphatic heterocycles. The Morgan fingerprint density at radius 2 is 2.00 bits per heavy atom. The number of anilines is 1. The second-order valence-corrected chi connectivity index (χ2v) is 4.54. The largest absolute Gasteiger partial charge is 0.382 e. The normalized spacial score (nSPS) is 16.8. The highest BCUT2D eigenvalue weighted by Gasteiger charge is 2.14. The van der Waals surface area contributed by atoms with Crippen molar-refractivity contribution in [2.24, 2.45) is 0 Å². The Balaban J connectivity index is 1.86. The van der Waals surface area contributed by atoms with Crippen molar-refractivity contribution in [3.05, 3.63) is 36.5 Å². The zero-order valence-corrected chi connectivity index (χ0v) is 9.32. The summed E-state index contributed by atoms with van der Waals surface area (Å²) >= 11 is 0. The zero-order chi connectivity index (χ0) is 10.8. The van der Waals surface area contributed by atoms with Crippen LogP contribution in [-0.2, 0) is 0 Å². The fourth-order valence-electron chi connectivity index (χ4n) is 2.47. The first-order chi connectivity index (χ1) is 7.92. The lowest BCUT2D eigenvalue weighted by atomic mass is 10.1. The van der Waals surface area contributed by atoms with Crippen molar-refractivity contribution in [1.29, 1.82) is 0 Å². The van der Waals surface area contributed by atoms with E-state index >= 15 is 0 Å². The summed E-state index contributed by atoms with van der Waals surface area (Å²) in [6.07, 6.45) is 7.20. The van der Waals surface area contributed by atoms with E-state index in [0.717, 1.165) is 5.52 Å². The van der Waals surface area contributed by atoms with Crippen LogP contribution in [0.25, 0.3) is 10.9 Å². The van der Waals surface area contributed by atoms with Crippen LogP contribution >= 0.6 is 0 Å². The van der Waals surface area contributed by atoms with E-state index in [0.29, 0.717) is 6.04 Å². The van der Waals surface area contributed by atoms with Gasteiger partial charge in [-0.2, -0.15) is 0 Å². The Morgan fingerprint density at radius 1 is 1.12 bits per heavy atom. The number of hydrogen-bond acceptors (Lipinski definition) is 2. The van der Waals surface area contributed by atoms with E-state index in [1.165, 1.54) is 36.8 Å². The van der Waals surface area contributed by atoms with Crippen molar-refractivity contribution >= 4 is 16.6 Å². The first-order valence-corrected chi connectivity index (χ1v) is 6.03. The molecule has 2 nitrogen and oxygen atoms in total. The van der Waals surface area contributed by atoms with Crippen LogP contribution < -0.4 is 5.32 Å². The van der Waals surface area contributed by atoms with E-state index in [1.54, 1.807) is 0 Å². The predicted octanol–water partition coefficient (Wildman–Crippen LogP) is 3.59.